The summed E-state index contributed by atoms with van der Waals surface area (Å²) in [5, 5.41) is 4.05. The highest BCUT2D eigenvalue weighted by atomic mass is 16.5. The summed E-state index contributed by atoms with van der Waals surface area (Å²) in [6.45, 7) is 6.12. The van der Waals surface area contributed by atoms with Gasteiger partial charge in [-0.3, -0.25) is 4.79 Å². The number of rotatable bonds is 2. The summed E-state index contributed by atoms with van der Waals surface area (Å²) >= 11 is 0. The van der Waals surface area contributed by atoms with Crippen LogP contribution in [0.2, 0.25) is 0 Å². The van der Waals surface area contributed by atoms with Crippen molar-refractivity contribution in [2.45, 2.75) is 38.8 Å². The fourth-order valence-electron chi connectivity index (χ4n) is 3.43. The number of benzene rings is 2. The van der Waals surface area contributed by atoms with Crippen LogP contribution in [0.4, 0.5) is 0 Å². The fraction of sp³-hybridized carbons (Fsp3) is 0.286. The fourth-order valence-corrected chi connectivity index (χ4v) is 3.43. The molecular formula is C21H21NO3. The van der Waals surface area contributed by atoms with Gasteiger partial charge in [0.05, 0.1) is 6.04 Å². The average molecular weight is 335 g/mol. The smallest absolute Gasteiger partial charge is 0.287 e. The Morgan fingerprint density at radius 3 is 2.76 bits per heavy atom. The number of ether oxygens (including phenoxy) is 1. The van der Waals surface area contributed by atoms with Crippen LogP contribution in [0.3, 0.4) is 0 Å². The van der Waals surface area contributed by atoms with Crippen molar-refractivity contribution in [3.8, 4) is 5.75 Å². The predicted octanol–water partition coefficient (Wildman–Crippen LogP) is 4.77. The molecule has 25 heavy (non-hydrogen) atoms. The molecule has 1 aromatic heterocycles. The van der Waals surface area contributed by atoms with Crippen molar-refractivity contribution >= 4 is 16.9 Å². The molecular weight excluding hydrogens is 314 g/mol. The van der Waals surface area contributed by atoms with E-state index in [1.807, 2.05) is 57.2 Å². The largest absolute Gasteiger partial charge is 0.487 e. The Hall–Kier alpha value is -2.75. The number of nitrogens with one attached hydrogen (secondary N) is 1. The van der Waals surface area contributed by atoms with Crippen LogP contribution in [0.1, 0.15) is 48.0 Å². The molecule has 4 rings (SSSR count). The summed E-state index contributed by atoms with van der Waals surface area (Å²) in [6, 6.07) is 15.4. The van der Waals surface area contributed by atoms with E-state index in [9.17, 15) is 4.79 Å². The first-order valence-corrected chi connectivity index (χ1v) is 8.50. The minimum atomic E-state index is -0.339. The zero-order valence-electron chi connectivity index (χ0n) is 14.6. The number of hydrogen-bond donors (Lipinski definition) is 1. The molecule has 128 valence electrons. The number of fused-ring (bicyclic) bond motifs is 2. The van der Waals surface area contributed by atoms with Crippen molar-refractivity contribution in [3.63, 3.8) is 0 Å². The van der Waals surface area contributed by atoms with Gasteiger partial charge in [-0.2, -0.15) is 0 Å². The number of carbonyl (C=O) groups excluding carboxylic acids is 1. The molecule has 2 aromatic carbocycles. The first kappa shape index (κ1) is 15.8. The second kappa shape index (κ2) is 5.66. The first-order valence-electron chi connectivity index (χ1n) is 8.50. The summed E-state index contributed by atoms with van der Waals surface area (Å²) in [7, 11) is 0. The van der Waals surface area contributed by atoms with Crippen LogP contribution >= 0.6 is 0 Å². The van der Waals surface area contributed by atoms with Crippen molar-refractivity contribution in [1.29, 1.82) is 0 Å². The molecule has 0 radical (unpaired) electrons. The number of amides is 1. The Bertz CT molecular complexity index is 922. The molecule has 0 fully saturated rings. The van der Waals surface area contributed by atoms with Gasteiger partial charge in [0.1, 0.15) is 16.9 Å². The number of aryl methyl sites for hydroxylation is 1. The van der Waals surface area contributed by atoms with E-state index in [0.717, 1.165) is 27.8 Å². The Labute approximate surface area is 146 Å². The van der Waals surface area contributed by atoms with Crippen molar-refractivity contribution in [3.05, 3.63) is 65.4 Å². The normalized spacial score (nSPS) is 18.4. The van der Waals surface area contributed by atoms with Gasteiger partial charge in [0.2, 0.25) is 0 Å². The molecule has 0 unspecified atom stereocenters. The van der Waals surface area contributed by atoms with Gasteiger partial charge in [-0.1, -0.05) is 35.9 Å². The van der Waals surface area contributed by atoms with E-state index in [0.29, 0.717) is 12.2 Å². The monoisotopic (exact) mass is 335 g/mol. The summed E-state index contributed by atoms with van der Waals surface area (Å²) in [5.41, 5.74) is 2.54. The maximum absolute atomic E-state index is 12.7. The molecule has 0 spiro atoms. The van der Waals surface area contributed by atoms with Crippen LogP contribution in [0.25, 0.3) is 11.0 Å². The lowest BCUT2D eigenvalue weighted by molar-refractivity contribution is 0.0611. The van der Waals surface area contributed by atoms with Gasteiger partial charge in [-0.25, -0.2) is 0 Å². The molecule has 4 nitrogen and oxygen atoms in total. The van der Waals surface area contributed by atoms with E-state index in [-0.39, 0.29) is 17.6 Å². The summed E-state index contributed by atoms with van der Waals surface area (Å²) in [5.74, 6) is 0.961. The van der Waals surface area contributed by atoms with Crippen LogP contribution < -0.4 is 10.1 Å². The van der Waals surface area contributed by atoms with Crippen molar-refractivity contribution in [2.75, 3.05) is 0 Å². The topological polar surface area (TPSA) is 51.5 Å². The molecule has 0 aliphatic carbocycles. The van der Waals surface area contributed by atoms with E-state index in [4.69, 9.17) is 9.15 Å². The standard InChI is InChI=1S/C21H21NO3/c1-13-8-9-18-15(10-13)16(12-21(2,3)25-18)22-20(23)19-11-14-6-4-5-7-17(14)24-19/h4-11,16H,12H2,1-3H3,(H,22,23)/t16-/m0/s1. The number of hydrogen-bond acceptors (Lipinski definition) is 3. The molecule has 2 heterocycles. The molecule has 0 saturated heterocycles. The molecule has 1 aliphatic heterocycles. The van der Waals surface area contributed by atoms with Gasteiger partial charge < -0.3 is 14.5 Å². The molecule has 1 atom stereocenters. The molecule has 1 aliphatic rings. The number of para-hydroxylation sites is 1. The highest BCUT2D eigenvalue weighted by Crippen LogP contribution is 2.40. The van der Waals surface area contributed by atoms with E-state index in [2.05, 4.69) is 11.4 Å². The van der Waals surface area contributed by atoms with Crippen LogP contribution in [-0.2, 0) is 0 Å². The third-order valence-corrected chi connectivity index (χ3v) is 4.58. The third-order valence-electron chi connectivity index (χ3n) is 4.58. The van der Waals surface area contributed by atoms with Gasteiger partial charge in [0.15, 0.2) is 5.76 Å². The van der Waals surface area contributed by atoms with Gasteiger partial charge in [0, 0.05) is 17.4 Å². The minimum Gasteiger partial charge on any atom is -0.487 e. The maximum atomic E-state index is 12.7. The lowest BCUT2D eigenvalue weighted by atomic mass is 9.89. The summed E-state index contributed by atoms with van der Waals surface area (Å²) in [6.07, 6.45) is 0.704. The zero-order valence-corrected chi connectivity index (χ0v) is 14.6. The van der Waals surface area contributed by atoms with Crippen LogP contribution in [0, 0.1) is 6.92 Å². The molecule has 0 bridgehead atoms. The minimum absolute atomic E-state index is 0.112. The zero-order chi connectivity index (χ0) is 17.6. The van der Waals surface area contributed by atoms with Crippen molar-refractivity contribution in [1.82, 2.24) is 5.32 Å². The molecule has 4 heteroatoms. The van der Waals surface area contributed by atoms with Gasteiger partial charge in [0.25, 0.3) is 5.91 Å². The Kier molecular flexibility index (Phi) is 3.57. The van der Waals surface area contributed by atoms with Crippen LogP contribution in [-0.4, -0.2) is 11.5 Å². The van der Waals surface area contributed by atoms with E-state index in [1.165, 1.54) is 0 Å². The molecule has 1 N–H and O–H groups in total. The SMILES string of the molecule is Cc1ccc2c(c1)[C@@H](NC(=O)c1cc3ccccc3o1)CC(C)(C)O2. The molecule has 0 saturated carbocycles. The quantitative estimate of drug-likeness (QED) is 0.733. The van der Waals surface area contributed by atoms with Gasteiger partial charge >= 0.3 is 0 Å². The van der Waals surface area contributed by atoms with Gasteiger partial charge in [-0.15, -0.1) is 0 Å². The van der Waals surface area contributed by atoms with Crippen LogP contribution in [0.15, 0.2) is 52.9 Å². The van der Waals surface area contributed by atoms with E-state index in [1.54, 1.807) is 6.07 Å². The Balaban J connectivity index is 1.65. The summed E-state index contributed by atoms with van der Waals surface area (Å²) < 4.78 is 11.8. The number of furan rings is 1. The average Bonchev–Trinajstić information content (AvgIpc) is 2.99. The molecule has 1 amide bonds. The first-order chi connectivity index (χ1) is 11.9. The third kappa shape index (κ3) is 3.00. The highest BCUT2D eigenvalue weighted by Gasteiger charge is 2.35. The van der Waals surface area contributed by atoms with Crippen molar-refractivity contribution in [2.24, 2.45) is 0 Å². The van der Waals surface area contributed by atoms with Crippen LogP contribution in [0.5, 0.6) is 5.75 Å². The lowest BCUT2D eigenvalue weighted by Gasteiger charge is -2.38. The van der Waals surface area contributed by atoms with E-state index < -0.39 is 0 Å². The second-order valence-corrected chi connectivity index (χ2v) is 7.28. The Morgan fingerprint density at radius 2 is 1.96 bits per heavy atom. The Morgan fingerprint density at radius 1 is 1.16 bits per heavy atom. The lowest BCUT2D eigenvalue weighted by Crippen LogP contribution is -2.41. The number of carbonyl (C=O) groups is 1. The second-order valence-electron chi connectivity index (χ2n) is 7.28. The van der Waals surface area contributed by atoms with Crippen molar-refractivity contribution < 1.29 is 13.9 Å². The van der Waals surface area contributed by atoms with Gasteiger partial charge in [-0.05, 0) is 39.0 Å². The molecule has 3 aromatic rings. The highest BCUT2D eigenvalue weighted by molar-refractivity contribution is 5.96. The van der Waals surface area contributed by atoms with E-state index >= 15 is 0 Å². The maximum Gasteiger partial charge on any atom is 0.287 e. The summed E-state index contributed by atoms with van der Waals surface area (Å²) in [4.78, 5) is 12.7. The predicted molar refractivity (Wildman–Crippen MR) is 96.9 cm³/mol.